The maximum Gasteiger partial charge on any atom is 0.280 e. The first kappa shape index (κ1) is 16.6. The van der Waals surface area contributed by atoms with Crippen LogP contribution in [0.5, 0.6) is 5.75 Å². The van der Waals surface area contributed by atoms with Crippen molar-refractivity contribution in [2.45, 2.75) is 31.2 Å². The number of rotatable bonds is 5. The van der Waals surface area contributed by atoms with Gasteiger partial charge >= 0.3 is 0 Å². The predicted molar refractivity (Wildman–Crippen MR) is 76.0 cm³/mol. The summed E-state index contributed by atoms with van der Waals surface area (Å²) in [6.45, 7) is -0.722. The highest BCUT2D eigenvalue weighted by atomic mass is 35.5. The second-order valence-electron chi connectivity index (χ2n) is 4.99. The van der Waals surface area contributed by atoms with Crippen molar-refractivity contribution in [1.29, 1.82) is 0 Å². The molecule has 1 aliphatic rings. The zero-order valence-corrected chi connectivity index (χ0v) is 12.4. The SMILES string of the molecule is Cl.NC1(c2noc(-c3ncccc3OCC(F)F)n2)CCC1. The maximum atomic E-state index is 12.3. The van der Waals surface area contributed by atoms with Gasteiger partial charge in [-0.25, -0.2) is 13.8 Å². The molecule has 3 rings (SSSR count). The molecule has 0 saturated heterocycles. The summed E-state index contributed by atoms with van der Waals surface area (Å²) in [5.74, 6) is 0.702. The molecule has 120 valence electrons. The fourth-order valence-corrected chi connectivity index (χ4v) is 2.12. The molecule has 0 amide bonds. The topological polar surface area (TPSA) is 87.1 Å². The van der Waals surface area contributed by atoms with Gasteiger partial charge in [0.1, 0.15) is 6.61 Å². The van der Waals surface area contributed by atoms with Crippen molar-refractivity contribution >= 4 is 12.4 Å². The van der Waals surface area contributed by atoms with Gasteiger partial charge in [-0.1, -0.05) is 5.16 Å². The number of ether oxygens (including phenoxy) is 1. The number of pyridine rings is 1. The normalized spacial score (nSPS) is 16.0. The van der Waals surface area contributed by atoms with E-state index in [0.717, 1.165) is 19.3 Å². The highest BCUT2D eigenvalue weighted by Crippen LogP contribution is 2.38. The van der Waals surface area contributed by atoms with Crippen molar-refractivity contribution in [2.24, 2.45) is 5.73 Å². The number of nitrogens with two attached hydrogens (primary N) is 1. The molecule has 9 heteroatoms. The molecule has 22 heavy (non-hydrogen) atoms. The van der Waals surface area contributed by atoms with Gasteiger partial charge in [-0.2, -0.15) is 4.98 Å². The van der Waals surface area contributed by atoms with Crippen LogP contribution in [-0.2, 0) is 5.54 Å². The number of hydrogen-bond acceptors (Lipinski definition) is 6. The third-order valence-electron chi connectivity index (χ3n) is 3.46. The summed E-state index contributed by atoms with van der Waals surface area (Å²) >= 11 is 0. The molecule has 0 bridgehead atoms. The van der Waals surface area contributed by atoms with Crippen LogP contribution in [-0.4, -0.2) is 28.2 Å². The maximum absolute atomic E-state index is 12.3. The molecule has 0 aromatic carbocycles. The van der Waals surface area contributed by atoms with Crippen LogP contribution in [0.15, 0.2) is 22.9 Å². The Kier molecular flexibility index (Phi) is 4.92. The number of hydrogen-bond donors (Lipinski definition) is 1. The Balaban J connectivity index is 0.00000176. The average Bonchev–Trinajstić information content (AvgIpc) is 2.92. The quantitative estimate of drug-likeness (QED) is 0.905. The Morgan fingerprint density at radius 3 is 2.82 bits per heavy atom. The molecular weight excluding hydrogens is 318 g/mol. The molecule has 2 heterocycles. The smallest absolute Gasteiger partial charge is 0.280 e. The van der Waals surface area contributed by atoms with Crippen LogP contribution < -0.4 is 10.5 Å². The number of aromatic nitrogens is 3. The summed E-state index contributed by atoms with van der Waals surface area (Å²) in [6, 6.07) is 3.11. The van der Waals surface area contributed by atoms with Crippen molar-refractivity contribution in [3.63, 3.8) is 0 Å². The Morgan fingerprint density at radius 1 is 1.41 bits per heavy atom. The van der Waals surface area contributed by atoms with Crippen LogP contribution in [0, 0.1) is 0 Å². The molecule has 6 nitrogen and oxygen atoms in total. The standard InChI is InChI=1S/C13H14F2N4O2.ClH/c14-9(15)7-20-8-3-1-6-17-10(8)11-18-12(19-21-11)13(16)4-2-5-13;/h1,3,6,9H,2,4-5,7,16H2;1H. The predicted octanol–water partition coefficient (Wildman–Crippen LogP) is 2.54. The van der Waals surface area contributed by atoms with Crippen LogP contribution in [0.2, 0.25) is 0 Å². The minimum Gasteiger partial charge on any atom is -0.485 e. The van der Waals surface area contributed by atoms with Gasteiger partial charge in [0.2, 0.25) is 0 Å². The van der Waals surface area contributed by atoms with Gasteiger partial charge in [-0.3, -0.25) is 0 Å². The second kappa shape index (κ2) is 6.53. The first-order chi connectivity index (χ1) is 10.1. The Labute approximate surface area is 131 Å². The van der Waals surface area contributed by atoms with Crippen molar-refractivity contribution in [1.82, 2.24) is 15.1 Å². The van der Waals surface area contributed by atoms with E-state index in [1.165, 1.54) is 12.3 Å². The van der Waals surface area contributed by atoms with Crippen molar-refractivity contribution in [3.8, 4) is 17.3 Å². The Bertz CT molecular complexity index is 634. The number of halogens is 3. The molecule has 0 radical (unpaired) electrons. The van der Waals surface area contributed by atoms with Crippen LogP contribution in [0.1, 0.15) is 25.1 Å². The highest BCUT2D eigenvalue weighted by molar-refractivity contribution is 5.85. The summed E-state index contributed by atoms with van der Waals surface area (Å²) in [6.07, 6.45) is 1.53. The fourth-order valence-electron chi connectivity index (χ4n) is 2.12. The molecule has 0 spiro atoms. The van der Waals surface area contributed by atoms with E-state index < -0.39 is 18.6 Å². The van der Waals surface area contributed by atoms with E-state index in [-0.39, 0.29) is 29.7 Å². The third kappa shape index (κ3) is 3.17. The summed E-state index contributed by atoms with van der Waals surface area (Å²) in [5.41, 5.74) is 5.80. The molecule has 1 aliphatic carbocycles. The van der Waals surface area contributed by atoms with Crippen molar-refractivity contribution in [3.05, 3.63) is 24.2 Å². The molecular formula is C13H15ClF2N4O2. The molecule has 0 atom stereocenters. The van der Waals surface area contributed by atoms with Crippen LogP contribution in [0.25, 0.3) is 11.6 Å². The summed E-state index contributed by atoms with van der Waals surface area (Å²) in [7, 11) is 0. The lowest BCUT2D eigenvalue weighted by Crippen LogP contribution is -2.44. The lowest BCUT2D eigenvalue weighted by molar-refractivity contribution is 0.0819. The van der Waals surface area contributed by atoms with Crippen molar-refractivity contribution in [2.75, 3.05) is 6.61 Å². The Hall–Kier alpha value is -1.80. The van der Waals surface area contributed by atoms with Gasteiger partial charge in [0.15, 0.2) is 17.3 Å². The largest absolute Gasteiger partial charge is 0.485 e. The molecule has 1 saturated carbocycles. The van der Waals surface area contributed by atoms with Gasteiger partial charge in [-0.15, -0.1) is 12.4 Å². The summed E-state index contributed by atoms with van der Waals surface area (Å²) < 4.78 is 34.7. The van der Waals surface area contributed by atoms with Crippen LogP contribution >= 0.6 is 12.4 Å². The van der Waals surface area contributed by atoms with E-state index in [2.05, 4.69) is 15.1 Å². The van der Waals surface area contributed by atoms with Gasteiger partial charge in [0.25, 0.3) is 12.3 Å². The molecule has 0 aliphatic heterocycles. The van der Waals surface area contributed by atoms with E-state index in [9.17, 15) is 8.78 Å². The van der Waals surface area contributed by atoms with E-state index >= 15 is 0 Å². The highest BCUT2D eigenvalue weighted by Gasteiger charge is 2.39. The average molecular weight is 333 g/mol. The van der Waals surface area contributed by atoms with E-state index in [0.29, 0.717) is 5.82 Å². The van der Waals surface area contributed by atoms with Gasteiger partial charge in [-0.05, 0) is 31.4 Å². The summed E-state index contributed by atoms with van der Waals surface area (Å²) in [5, 5.41) is 3.87. The zero-order chi connectivity index (χ0) is 14.9. The van der Waals surface area contributed by atoms with Crippen LogP contribution in [0.4, 0.5) is 8.78 Å². The van der Waals surface area contributed by atoms with E-state index in [1.807, 2.05) is 0 Å². The number of nitrogens with zero attached hydrogens (tertiary/aromatic N) is 3. The Morgan fingerprint density at radius 2 is 2.18 bits per heavy atom. The molecule has 2 aromatic rings. The lowest BCUT2D eigenvalue weighted by Gasteiger charge is -2.34. The monoisotopic (exact) mass is 332 g/mol. The third-order valence-corrected chi connectivity index (χ3v) is 3.46. The van der Waals surface area contributed by atoms with E-state index in [4.69, 9.17) is 15.0 Å². The molecule has 0 unspecified atom stereocenters. The van der Waals surface area contributed by atoms with Gasteiger partial charge < -0.3 is 15.0 Å². The molecule has 2 N–H and O–H groups in total. The first-order valence-electron chi connectivity index (χ1n) is 6.58. The minimum absolute atomic E-state index is 0. The second-order valence-corrected chi connectivity index (χ2v) is 4.99. The lowest BCUT2D eigenvalue weighted by atomic mass is 9.77. The van der Waals surface area contributed by atoms with Crippen molar-refractivity contribution < 1.29 is 18.0 Å². The minimum atomic E-state index is -2.57. The molecule has 1 fully saturated rings. The fraction of sp³-hybridized carbons (Fsp3) is 0.462. The van der Waals surface area contributed by atoms with Crippen LogP contribution in [0.3, 0.4) is 0 Å². The number of alkyl halides is 2. The molecule has 2 aromatic heterocycles. The van der Waals surface area contributed by atoms with Gasteiger partial charge in [0, 0.05) is 6.20 Å². The van der Waals surface area contributed by atoms with E-state index in [1.54, 1.807) is 6.07 Å². The zero-order valence-electron chi connectivity index (χ0n) is 11.5. The summed E-state index contributed by atoms with van der Waals surface area (Å²) in [4.78, 5) is 8.29. The van der Waals surface area contributed by atoms with Gasteiger partial charge in [0.05, 0.1) is 5.54 Å². The first-order valence-corrected chi connectivity index (χ1v) is 6.58.